The van der Waals surface area contributed by atoms with Gasteiger partial charge in [-0.15, -0.1) is 0 Å². The van der Waals surface area contributed by atoms with E-state index in [0.717, 1.165) is 51.4 Å². The lowest BCUT2D eigenvalue weighted by Crippen LogP contribution is -2.59. The zero-order valence-corrected chi connectivity index (χ0v) is 27.1. The van der Waals surface area contributed by atoms with Crippen LogP contribution in [0.1, 0.15) is 126 Å². The van der Waals surface area contributed by atoms with Crippen molar-refractivity contribution < 1.29 is 19.1 Å². The van der Waals surface area contributed by atoms with Gasteiger partial charge in [-0.3, -0.25) is 0 Å². The summed E-state index contributed by atoms with van der Waals surface area (Å²) >= 11 is 0. The monoisotopic (exact) mass is 576 g/mol. The normalized spacial score (nSPS) is 21.4. The zero-order valence-electron chi connectivity index (χ0n) is 27.1. The van der Waals surface area contributed by atoms with Crippen LogP contribution in [0.5, 0.6) is 0 Å². The van der Waals surface area contributed by atoms with Gasteiger partial charge in [0.2, 0.25) is 0 Å². The summed E-state index contributed by atoms with van der Waals surface area (Å²) in [5.74, 6) is -0.480. The van der Waals surface area contributed by atoms with E-state index in [-0.39, 0.29) is 46.3 Å². The molecule has 2 aliphatic rings. The van der Waals surface area contributed by atoms with Crippen LogP contribution in [-0.2, 0) is 22.3 Å². The molecular formula is C36H52N2O4. The van der Waals surface area contributed by atoms with Crippen LogP contribution in [0.15, 0.2) is 48.5 Å². The molecule has 2 fully saturated rings. The van der Waals surface area contributed by atoms with Gasteiger partial charge in [0.15, 0.2) is 0 Å². The minimum absolute atomic E-state index is 0.0631. The van der Waals surface area contributed by atoms with Crippen molar-refractivity contribution in [3.63, 3.8) is 0 Å². The Kier molecular flexibility index (Phi) is 9.59. The minimum Gasteiger partial charge on any atom is -0.459 e. The van der Waals surface area contributed by atoms with E-state index < -0.39 is 0 Å². The SMILES string of the molecule is CC1(C)CC(OC(=O)c2ccc(CCCCc3ccc(C(=O)OC4CC(C)(C)NC(C)(C)C4)cc3)cc2)CC(C)(C)N1. The lowest BCUT2D eigenvalue weighted by molar-refractivity contribution is -0.00766. The molecule has 0 amide bonds. The molecule has 2 heterocycles. The highest BCUT2D eigenvalue weighted by Crippen LogP contribution is 2.32. The Balaban J connectivity index is 1.19. The van der Waals surface area contributed by atoms with E-state index in [1.807, 2.05) is 48.5 Å². The molecule has 2 aromatic carbocycles. The zero-order chi connectivity index (χ0) is 30.8. The van der Waals surface area contributed by atoms with Crippen molar-refractivity contribution in [3.05, 3.63) is 70.8 Å². The van der Waals surface area contributed by atoms with Gasteiger partial charge in [0, 0.05) is 47.8 Å². The van der Waals surface area contributed by atoms with E-state index in [0.29, 0.717) is 11.1 Å². The summed E-state index contributed by atoms with van der Waals surface area (Å²) in [6, 6.07) is 15.7. The molecule has 6 nitrogen and oxygen atoms in total. The number of benzene rings is 2. The number of rotatable bonds is 9. The molecule has 0 spiro atoms. The Bertz CT molecular complexity index is 1100. The smallest absolute Gasteiger partial charge is 0.338 e. The highest BCUT2D eigenvalue weighted by atomic mass is 16.5. The Hall–Kier alpha value is -2.70. The van der Waals surface area contributed by atoms with Crippen LogP contribution < -0.4 is 10.6 Å². The summed E-state index contributed by atoms with van der Waals surface area (Å²) in [5, 5.41) is 7.26. The topological polar surface area (TPSA) is 76.7 Å². The predicted molar refractivity (Wildman–Crippen MR) is 169 cm³/mol. The number of esters is 2. The van der Waals surface area contributed by atoms with Crippen molar-refractivity contribution in [3.8, 4) is 0 Å². The van der Waals surface area contributed by atoms with Crippen LogP contribution in [0.2, 0.25) is 0 Å². The van der Waals surface area contributed by atoms with Crippen molar-refractivity contribution >= 4 is 11.9 Å². The van der Waals surface area contributed by atoms with Crippen LogP contribution in [0.4, 0.5) is 0 Å². The van der Waals surface area contributed by atoms with Gasteiger partial charge in [-0.1, -0.05) is 24.3 Å². The maximum Gasteiger partial charge on any atom is 0.338 e. The number of unbranched alkanes of at least 4 members (excludes halogenated alkanes) is 1. The number of hydrogen-bond acceptors (Lipinski definition) is 6. The van der Waals surface area contributed by atoms with Gasteiger partial charge < -0.3 is 20.1 Å². The number of hydrogen-bond donors (Lipinski definition) is 2. The highest BCUT2D eigenvalue weighted by Gasteiger charge is 2.40. The fraction of sp³-hybridized carbons (Fsp3) is 0.611. The second-order valence-corrected chi connectivity index (χ2v) is 15.3. The fourth-order valence-corrected chi connectivity index (χ4v) is 7.34. The van der Waals surface area contributed by atoms with Crippen LogP contribution >= 0.6 is 0 Å². The molecule has 0 atom stereocenters. The van der Waals surface area contributed by atoms with E-state index in [1.54, 1.807) is 0 Å². The summed E-state index contributed by atoms with van der Waals surface area (Å²) in [4.78, 5) is 25.6. The number of carbonyl (C=O) groups excluding carboxylic acids is 2. The first-order valence-electron chi connectivity index (χ1n) is 15.7. The van der Waals surface area contributed by atoms with Crippen molar-refractivity contribution in [1.82, 2.24) is 10.6 Å². The average molecular weight is 577 g/mol. The van der Waals surface area contributed by atoms with Gasteiger partial charge in [-0.25, -0.2) is 9.59 Å². The van der Waals surface area contributed by atoms with Crippen molar-refractivity contribution in [2.45, 2.75) is 141 Å². The molecule has 2 aromatic rings. The molecule has 230 valence electrons. The molecular weight excluding hydrogens is 524 g/mol. The average Bonchev–Trinajstić information content (AvgIpc) is 2.83. The number of nitrogens with one attached hydrogen (secondary N) is 2. The number of piperidine rings is 2. The van der Waals surface area contributed by atoms with Gasteiger partial charge in [0.05, 0.1) is 11.1 Å². The molecule has 0 bridgehead atoms. The number of carbonyl (C=O) groups is 2. The minimum atomic E-state index is -0.240. The number of ether oxygens (including phenoxy) is 2. The van der Waals surface area contributed by atoms with Crippen LogP contribution in [-0.4, -0.2) is 46.3 Å². The van der Waals surface area contributed by atoms with Crippen molar-refractivity contribution in [1.29, 1.82) is 0 Å². The molecule has 0 radical (unpaired) electrons. The summed E-state index contributed by atoms with van der Waals surface area (Å²) in [6.45, 7) is 17.3. The third-order valence-corrected chi connectivity index (χ3v) is 8.41. The van der Waals surface area contributed by atoms with Gasteiger partial charge in [-0.05, 0) is 116 Å². The third-order valence-electron chi connectivity index (χ3n) is 8.41. The molecule has 0 aliphatic carbocycles. The van der Waals surface area contributed by atoms with E-state index >= 15 is 0 Å². The van der Waals surface area contributed by atoms with Crippen molar-refractivity contribution in [2.75, 3.05) is 0 Å². The summed E-state index contributed by atoms with van der Waals surface area (Å²) in [7, 11) is 0. The first-order valence-corrected chi connectivity index (χ1v) is 15.7. The van der Waals surface area contributed by atoms with Gasteiger partial charge in [0.25, 0.3) is 0 Å². The maximum atomic E-state index is 12.8. The standard InChI is InChI=1S/C36H52N2O4/c1-33(2)21-29(22-34(3,4)37-33)41-31(39)27-17-13-25(14-18-27)11-9-10-12-26-15-19-28(20-16-26)32(40)42-30-23-35(5,6)38-36(7,8)24-30/h13-20,29-30,37-38H,9-12,21-24H2,1-8H3. The molecule has 2 aliphatic heterocycles. The van der Waals surface area contributed by atoms with E-state index in [9.17, 15) is 9.59 Å². The Labute approximate surface area is 253 Å². The molecule has 42 heavy (non-hydrogen) atoms. The molecule has 0 aromatic heterocycles. The summed E-state index contributed by atoms with van der Waals surface area (Å²) in [5.41, 5.74) is 3.41. The quantitative estimate of drug-likeness (QED) is 0.243. The molecule has 0 saturated carbocycles. The summed E-state index contributed by atoms with van der Waals surface area (Å²) < 4.78 is 11.8. The first kappa shape index (κ1) is 32.2. The number of aryl methyl sites for hydroxylation is 2. The Morgan fingerprint density at radius 2 is 0.857 bits per heavy atom. The van der Waals surface area contributed by atoms with Gasteiger partial charge in [0.1, 0.15) is 12.2 Å². The Morgan fingerprint density at radius 1 is 0.571 bits per heavy atom. The van der Waals surface area contributed by atoms with Crippen molar-refractivity contribution in [2.24, 2.45) is 0 Å². The van der Waals surface area contributed by atoms with Crippen LogP contribution in [0.3, 0.4) is 0 Å². The predicted octanol–water partition coefficient (Wildman–Crippen LogP) is 7.18. The molecule has 0 unspecified atom stereocenters. The molecule has 2 N–H and O–H groups in total. The second kappa shape index (κ2) is 12.5. The maximum absolute atomic E-state index is 12.8. The molecule has 6 heteroatoms. The van der Waals surface area contributed by atoms with E-state index in [1.165, 1.54) is 11.1 Å². The van der Waals surface area contributed by atoms with Crippen LogP contribution in [0, 0.1) is 0 Å². The lowest BCUT2D eigenvalue weighted by atomic mass is 9.81. The largest absolute Gasteiger partial charge is 0.459 e. The van der Waals surface area contributed by atoms with Crippen LogP contribution in [0.25, 0.3) is 0 Å². The van der Waals surface area contributed by atoms with E-state index in [2.05, 4.69) is 66.0 Å². The fourth-order valence-electron chi connectivity index (χ4n) is 7.34. The van der Waals surface area contributed by atoms with E-state index in [4.69, 9.17) is 9.47 Å². The lowest BCUT2D eigenvalue weighted by Gasteiger charge is -2.45. The Morgan fingerprint density at radius 3 is 1.14 bits per heavy atom. The van der Waals surface area contributed by atoms with Gasteiger partial charge in [-0.2, -0.15) is 0 Å². The molecule has 2 saturated heterocycles. The third kappa shape index (κ3) is 9.40. The highest BCUT2D eigenvalue weighted by molar-refractivity contribution is 5.90. The first-order chi connectivity index (χ1) is 19.5. The summed E-state index contributed by atoms with van der Waals surface area (Å²) in [6.07, 6.45) is 7.08. The van der Waals surface area contributed by atoms with Gasteiger partial charge >= 0.3 is 11.9 Å². The second-order valence-electron chi connectivity index (χ2n) is 15.3. The molecule has 4 rings (SSSR count).